The first-order chi connectivity index (χ1) is 9.22. The van der Waals surface area contributed by atoms with Gasteiger partial charge in [-0.2, -0.15) is 0 Å². The summed E-state index contributed by atoms with van der Waals surface area (Å²) in [5.41, 5.74) is 7.08. The molecular weight excluding hydrogens is 234 g/mol. The van der Waals surface area contributed by atoms with Crippen molar-refractivity contribution >= 4 is 5.82 Å². The third-order valence-corrected chi connectivity index (χ3v) is 5.70. The van der Waals surface area contributed by atoms with Gasteiger partial charge in [0.05, 0.1) is 0 Å². The Kier molecular flexibility index (Phi) is 2.58. The molecule has 4 saturated carbocycles. The fraction of sp³-hybridized carbons (Fsp3) is 0.750. The van der Waals surface area contributed by atoms with Gasteiger partial charge >= 0.3 is 0 Å². The zero-order valence-electron chi connectivity index (χ0n) is 11.7. The minimum Gasteiger partial charge on any atom is -0.384 e. The maximum Gasteiger partial charge on any atom is 0.134 e. The minimum absolute atomic E-state index is 0.599. The van der Waals surface area contributed by atoms with E-state index in [1.54, 1.807) is 0 Å². The molecule has 5 rings (SSSR count). The number of hydrogen-bond acceptors (Lipinski definition) is 3. The van der Waals surface area contributed by atoms with Crippen LogP contribution >= 0.6 is 0 Å². The number of rotatable bonds is 2. The first-order valence-electron chi connectivity index (χ1n) is 7.86. The minimum atomic E-state index is 0.599. The quantitative estimate of drug-likeness (QED) is 0.885. The molecule has 2 N–H and O–H groups in total. The average molecular weight is 257 g/mol. The second-order valence-corrected chi connectivity index (χ2v) is 6.95. The van der Waals surface area contributed by atoms with Crippen LogP contribution in [0.1, 0.15) is 56.5 Å². The summed E-state index contributed by atoms with van der Waals surface area (Å²) in [6.45, 7) is 2.14. The van der Waals surface area contributed by atoms with Gasteiger partial charge in [0.1, 0.15) is 11.6 Å². The van der Waals surface area contributed by atoms with E-state index in [4.69, 9.17) is 10.7 Å². The topological polar surface area (TPSA) is 51.8 Å². The Balaban J connectivity index is 1.70. The molecule has 4 aliphatic carbocycles. The molecule has 0 radical (unpaired) electrons. The Labute approximate surface area is 115 Å². The molecule has 0 aromatic carbocycles. The maximum absolute atomic E-state index is 5.98. The van der Waals surface area contributed by atoms with Gasteiger partial charge < -0.3 is 5.73 Å². The number of aromatic nitrogens is 2. The third kappa shape index (κ3) is 1.86. The summed E-state index contributed by atoms with van der Waals surface area (Å²) in [4.78, 5) is 9.40. The predicted molar refractivity (Wildman–Crippen MR) is 75.6 cm³/mol. The summed E-state index contributed by atoms with van der Waals surface area (Å²) >= 11 is 0. The molecule has 3 heteroatoms. The summed E-state index contributed by atoms with van der Waals surface area (Å²) in [6.07, 6.45) is 8.11. The van der Waals surface area contributed by atoms with Gasteiger partial charge in [-0.25, -0.2) is 9.97 Å². The number of nitrogens with zero attached hydrogens (tertiary/aromatic N) is 2. The van der Waals surface area contributed by atoms with Crippen molar-refractivity contribution in [2.24, 2.45) is 23.7 Å². The zero-order valence-corrected chi connectivity index (χ0v) is 11.7. The lowest BCUT2D eigenvalue weighted by molar-refractivity contribution is -0.00566. The van der Waals surface area contributed by atoms with Crippen LogP contribution in [0.2, 0.25) is 0 Å². The highest BCUT2D eigenvalue weighted by molar-refractivity contribution is 5.31. The van der Waals surface area contributed by atoms with Crippen molar-refractivity contribution in [1.29, 1.82) is 0 Å². The molecule has 3 nitrogen and oxygen atoms in total. The molecule has 4 aliphatic rings. The lowest BCUT2D eigenvalue weighted by Crippen LogP contribution is -2.44. The standard InChI is InChI=1S/C16H23N3/c1-2-13-8-14(17)19-16(18-13)15-11-4-9-3-10(6-11)7-12(15)5-9/h8-12,15H,2-7H2,1H3,(H2,17,18,19). The number of anilines is 1. The van der Waals surface area contributed by atoms with E-state index in [-0.39, 0.29) is 0 Å². The molecule has 1 aromatic heterocycles. The molecular formula is C16H23N3. The van der Waals surface area contributed by atoms with Crippen LogP contribution in [-0.2, 0) is 6.42 Å². The molecule has 0 saturated heterocycles. The molecule has 0 amide bonds. The van der Waals surface area contributed by atoms with Gasteiger partial charge in [-0.05, 0) is 62.2 Å². The van der Waals surface area contributed by atoms with Crippen LogP contribution in [0.25, 0.3) is 0 Å². The van der Waals surface area contributed by atoms with Crippen molar-refractivity contribution < 1.29 is 0 Å². The molecule has 1 aromatic rings. The van der Waals surface area contributed by atoms with Gasteiger partial charge in [0.2, 0.25) is 0 Å². The van der Waals surface area contributed by atoms with Crippen molar-refractivity contribution in [1.82, 2.24) is 9.97 Å². The maximum atomic E-state index is 5.98. The highest BCUT2D eigenvalue weighted by atomic mass is 15.0. The van der Waals surface area contributed by atoms with Crippen LogP contribution in [0.15, 0.2) is 6.07 Å². The Morgan fingerprint density at radius 2 is 1.68 bits per heavy atom. The van der Waals surface area contributed by atoms with Crippen LogP contribution in [0, 0.1) is 23.7 Å². The lowest BCUT2D eigenvalue weighted by atomic mass is 9.51. The summed E-state index contributed by atoms with van der Waals surface area (Å²) in [7, 11) is 0. The number of nitrogen functional groups attached to an aromatic ring is 1. The van der Waals surface area contributed by atoms with E-state index >= 15 is 0 Å². The Morgan fingerprint density at radius 3 is 2.26 bits per heavy atom. The number of hydrogen-bond donors (Lipinski definition) is 1. The van der Waals surface area contributed by atoms with Gasteiger partial charge in [-0.3, -0.25) is 0 Å². The van der Waals surface area contributed by atoms with Crippen LogP contribution < -0.4 is 5.73 Å². The van der Waals surface area contributed by atoms with Gasteiger partial charge in [0.15, 0.2) is 0 Å². The molecule has 1 heterocycles. The van der Waals surface area contributed by atoms with E-state index in [1.807, 2.05) is 6.07 Å². The van der Waals surface area contributed by atoms with Crippen molar-refractivity contribution in [3.63, 3.8) is 0 Å². The van der Waals surface area contributed by atoms with Crippen molar-refractivity contribution in [3.8, 4) is 0 Å². The summed E-state index contributed by atoms with van der Waals surface area (Å²) in [5.74, 6) is 6.00. The summed E-state index contributed by atoms with van der Waals surface area (Å²) < 4.78 is 0. The molecule has 102 valence electrons. The summed E-state index contributed by atoms with van der Waals surface area (Å²) in [6, 6.07) is 1.93. The third-order valence-electron chi connectivity index (χ3n) is 5.70. The smallest absolute Gasteiger partial charge is 0.134 e. The van der Waals surface area contributed by atoms with Crippen LogP contribution in [0.4, 0.5) is 5.82 Å². The molecule has 4 fully saturated rings. The van der Waals surface area contributed by atoms with Crippen molar-refractivity contribution in [3.05, 3.63) is 17.6 Å². The molecule has 0 aliphatic heterocycles. The van der Waals surface area contributed by atoms with E-state index < -0.39 is 0 Å². The van der Waals surface area contributed by atoms with Gasteiger partial charge in [0, 0.05) is 17.7 Å². The monoisotopic (exact) mass is 257 g/mol. The van der Waals surface area contributed by atoms with Crippen molar-refractivity contribution in [2.45, 2.75) is 51.4 Å². The van der Waals surface area contributed by atoms with Gasteiger partial charge in [-0.1, -0.05) is 6.92 Å². The fourth-order valence-corrected chi connectivity index (χ4v) is 5.22. The van der Waals surface area contributed by atoms with Crippen LogP contribution in [0.5, 0.6) is 0 Å². The highest BCUT2D eigenvalue weighted by Gasteiger charge is 2.49. The molecule has 19 heavy (non-hydrogen) atoms. The molecule has 4 bridgehead atoms. The SMILES string of the molecule is CCc1cc(N)nc(C2C3CC4CC(C3)CC2C4)n1. The predicted octanol–water partition coefficient (Wildman–Crippen LogP) is 3.16. The first-order valence-corrected chi connectivity index (χ1v) is 7.86. The Bertz CT molecular complexity index is 469. The lowest BCUT2D eigenvalue weighted by Gasteiger charge is -2.53. The molecule has 0 unspecified atom stereocenters. The van der Waals surface area contributed by atoms with E-state index in [0.29, 0.717) is 11.7 Å². The Hall–Kier alpha value is -1.12. The van der Waals surface area contributed by atoms with Gasteiger partial charge in [-0.15, -0.1) is 0 Å². The fourth-order valence-electron chi connectivity index (χ4n) is 5.22. The van der Waals surface area contributed by atoms with E-state index in [2.05, 4.69) is 11.9 Å². The van der Waals surface area contributed by atoms with E-state index in [1.165, 1.54) is 32.1 Å². The second kappa shape index (κ2) is 4.19. The zero-order chi connectivity index (χ0) is 13.0. The van der Waals surface area contributed by atoms with E-state index in [9.17, 15) is 0 Å². The van der Waals surface area contributed by atoms with Gasteiger partial charge in [0.25, 0.3) is 0 Å². The summed E-state index contributed by atoms with van der Waals surface area (Å²) in [5, 5.41) is 0. The molecule has 0 spiro atoms. The van der Waals surface area contributed by atoms with Crippen molar-refractivity contribution in [2.75, 3.05) is 5.73 Å². The number of aryl methyl sites for hydroxylation is 1. The highest BCUT2D eigenvalue weighted by Crippen LogP contribution is 2.59. The second-order valence-electron chi connectivity index (χ2n) is 6.95. The van der Waals surface area contributed by atoms with E-state index in [0.717, 1.165) is 41.6 Å². The largest absolute Gasteiger partial charge is 0.384 e. The van der Waals surface area contributed by atoms with Crippen LogP contribution in [0.3, 0.4) is 0 Å². The average Bonchev–Trinajstić information content (AvgIpc) is 2.36. The first kappa shape index (κ1) is 11.7. The normalized spacial score (nSPS) is 39.7. The van der Waals surface area contributed by atoms with Crippen LogP contribution in [-0.4, -0.2) is 9.97 Å². The number of nitrogens with two attached hydrogens (primary N) is 1. The Morgan fingerprint density at radius 1 is 1.05 bits per heavy atom. The molecule has 0 atom stereocenters.